The van der Waals surface area contributed by atoms with E-state index in [4.69, 9.17) is 0 Å². The largest absolute Gasteiger partial charge is 0.379 e. The molecule has 0 amide bonds. The third kappa shape index (κ3) is 2.52. The van der Waals surface area contributed by atoms with Gasteiger partial charge in [0.2, 0.25) is 7.41 Å². The Bertz CT molecular complexity index is 533. The van der Waals surface area contributed by atoms with Crippen molar-refractivity contribution in [3.8, 4) is 0 Å². The van der Waals surface area contributed by atoms with E-state index < -0.39 is 5.60 Å². The summed E-state index contributed by atoms with van der Waals surface area (Å²) in [6.45, 7) is 3.25. The van der Waals surface area contributed by atoms with Gasteiger partial charge in [-0.1, -0.05) is 67.5 Å². The first-order valence-electron chi connectivity index (χ1n) is 7.84. The number of hydrogen-bond donors (Lipinski definition) is 1. The molecule has 0 aromatic heterocycles. The number of rotatable bonds is 4. The lowest BCUT2D eigenvalue weighted by atomic mass is 9.77. The van der Waals surface area contributed by atoms with Gasteiger partial charge >= 0.3 is 0 Å². The summed E-state index contributed by atoms with van der Waals surface area (Å²) in [5.41, 5.74) is 1.04. The van der Waals surface area contributed by atoms with E-state index >= 15 is 0 Å². The molecule has 2 aromatic carbocycles. The van der Waals surface area contributed by atoms with Crippen molar-refractivity contribution in [2.24, 2.45) is 0 Å². The minimum atomic E-state index is -0.935. The first-order valence-corrected chi connectivity index (χ1v) is 7.84. The molecule has 3 rings (SSSR count). The van der Waals surface area contributed by atoms with Gasteiger partial charge in [0.1, 0.15) is 5.60 Å². The summed E-state index contributed by atoms with van der Waals surface area (Å²) < 4.78 is 0. The van der Waals surface area contributed by atoms with Crippen LogP contribution in [0.2, 0.25) is 6.82 Å². The van der Waals surface area contributed by atoms with Crippen molar-refractivity contribution in [1.29, 1.82) is 0 Å². The van der Waals surface area contributed by atoms with Crippen LogP contribution >= 0.6 is 0 Å². The number of hydrogen-bond acceptors (Lipinski definition) is 2. The third-order valence-corrected chi connectivity index (χ3v) is 4.68. The van der Waals surface area contributed by atoms with Crippen molar-refractivity contribution in [2.75, 3.05) is 6.54 Å². The second-order valence-electron chi connectivity index (χ2n) is 5.79. The number of aliphatic hydroxyl groups is 1. The fourth-order valence-corrected chi connectivity index (χ4v) is 3.61. The first kappa shape index (κ1) is 14.4. The molecule has 2 nitrogen and oxygen atoms in total. The molecule has 1 saturated heterocycles. The lowest BCUT2D eigenvalue weighted by Crippen LogP contribution is -2.49. The summed E-state index contributed by atoms with van der Waals surface area (Å²) >= 11 is 0. The molecule has 1 unspecified atom stereocenters. The van der Waals surface area contributed by atoms with Crippen molar-refractivity contribution in [2.45, 2.75) is 31.3 Å². The molecule has 1 N–H and O–H groups in total. The lowest BCUT2D eigenvalue weighted by Gasteiger charge is -2.40. The molecule has 1 aliphatic heterocycles. The van der Waals surface area contributed by atoms with Crippen molar-refractivity contribution >= 4 is 7.41 Å². The van der Waals surface area contributed by atoms with Crippen molar-refractivity contribution in [1.82, 2.24) is 4.81 Å². The molecular weight excluding hydrogens is 257 g/mol. The molecule has 1 fully saturated rings. The van der Waals surface area contributed by atoms with Gasteiger partial charge in [-0.2, -0.15) is 0 Å². The van der Waals surface area contributed by atoms with Crippen molar-refractivity contribution < 1.29 is 5.11 Å². The van der Waals surface area contributed by atoms with Gasteiger partial charge in [-0.15, -0.1) is 0 Å². The molecule has 1 heterocycles. The van der Waals surface area contributed by atoms with Gasteiger partial charge in [0, 0.05) is 6.04 Å². The fourth-order valence-electron chi connectivity index (χ4n) is 3.61. The minimum absolute atomic E-state index is 0.146. The molecule has 2 aromatic rings. The second-order valence-corrected chi connectivity index (χ2v) is 5.79. The Balaban J connectivity index is 2.11. The molecule has 0 bridgehead atoms. The molecule has 0 spiro atoms. The van der Waals surface area contributed by atoms with Crippen LogP contribution in [0.3, 0.4) is 0 Å². The molecule has 108 valence electrons. The van der Waals surface area contributed by atoms with Crippen LogP contribution in [0, 0.1) is 0 Å². The highest BCUT2D eigenvalue weighted by Crippen LogP contribution is 2.39. The minimum Gasteiger partial charge on any atom is -0.379 e. The van der Waals surface area contributed by atoms with Gasteiger partial charge in [0.15, 0.2) is 0 Å². The smallest absolute Gasteiger partial charge is 0.201 e. The SMILES string of the molecule is CBN1CCCC1C(O)(c1ccccc1)c1ccccc1. The first-order chi connectivity index (χ1) is 10.3. The Labute approximate surface area is 127 Å². The van der Waals surface area contributed by atoms with Crippen molar-refractivity contribution in [3.05, 3.63) is 71.8 Å². The Kier molecular flexibility index (Phi) is 4.13. The van der Waals surface area contributed by atoms with Crippen LogP contribution in [0.1, 0.15) is 24.0 Å². The van der Waals surface area contributed by atoms with Crippen LogP contribution in [0.25, 0.3) is 0 Å². The van der Waals surface area contributed by atoms with Crippen LogP contribution in [-0.2, 0) is 5.60 Å². The van der Waals surface area contributed by atoms with Gasteiger partial charge in [0.05, 0.1) is 0 Å². The van der Waals surface area contributed by atoms with Gasteiger partial charge in [-0.3, -0.25) is 0 Å². The molecule has 1 aliphatic rings. The summed E-state index contributed by atoms with van der Waals surface area (Å²) in [5.74, 6) is 0. The van der Waals surface area contributed by atoms with Crippen LogP contribution in [0.5, 0.6) is 0 Å². The molecular formula is C18H22BNO. The normalized spacial score (nSPS) is 19.6. The summed E-state index contributed by atoms with van der Waals surface area (Å²) in [7, 11) is 0.979. The number of nitrogens with zero attached hydrogens (tertiary/aromatic N) is 1. The van der Waals surface area contributed by atoms with Gasteiger partial charge < -0.3 is 9.92 Å². The highest BCUT2D eigenvalue weighted by molar-refractivity contribution is 6.30. The summed E-state index contributed by atoms with van der Waals surface area (Å²) in [4.78, 5) is 2.40. The zero-order valence-electron chi connectivity index (χ0n) is 12.6. The summed E-state index contributed by atoms with van der Waals surface area (Å²) in [6, 6.07) is 20.3. The van der Waals surface area contributed by atoms with E-state index in [0.717, 1.165) is 37.9 Å². The van der Waals surface area contributed by atoms with E-state index in [1.54, 1.807) is 0 Å². The maximum atomic E-state index is 11.7. The van der Waals surface area contributed by atoms with Crippen LogP contribution < -0.4 is 0 Å². The Hall–Kier alpha value is -1.58. The third-order valence-electron chi connectivity index (χ3n) is 4.68. The van der Waals surface area contributed by atoms with E-state index in [1.807, 2.05) is 60.7 Å². The van der Waals surface area contributed by atoms with E-state index in [-0.39, 0.29) is 6.04 Å². The molecule has 0 saturated carbocycles. The topological polar surface area (TPSA) is 23.5 Å². The van der Waals surface area contributed by atoms with E-state index in [0.29, 0.717) is 0 Å². The van der Waals surface area contributed by atoms with E-state index in [1.165, 1.54) is 0 Å². The van der Waals surface area contributed by atoms with E-state index in [9.17, 15) is 5.11 Å². The fraction of sp³-hybridized carbons (Fsp3) is 0.333. The van der Waals surface area contributed by atoms with Crippen LogP contribution in [-0.4, -0.2) is 29.9 Å². The van der Waals surface area contributed by atoms with Crippen LogP contribution in [0.4, 0.5) is 0 Å². The molecule has 0 radical (unpaired) electrons. The van der Waals surface area contributed by atoms with Crippen molar-refractivity contribution in [3.63, 3.8) is 0 Å². The zero-order valence-corrected chi connectivity index (χ0v) is 12.6. The van der Waals surface area contributed by atoms with Crippen LogP contribution in [0.15, 0.2) is 60.7 Å². The van der Waals surface area contributed by atoms with E-state index in [2.05, 4.69) is 11.6 Å². The van der Waals surface area contributed by atoms with Gasteiger partial charge in [-0.05, 0) is 30.5 Å². The monoisotopic (exact) mass is 279 g/mol. The van der Waals surface area contributed by atoms with Gasteiger partial charge in [0.25, 0.3) is 0 Å². The summed E-state index contributed by atoms with van der Waals surface area (Å²) in [6.07, 6.45) is 2.19. The standard InChI is InChI=1S/C18H22BNO/c1-19-20-14-8-13-17(20)18(21,15-9-4-2-5-10-15)16-11-6-3-7-12-16/h2-7,9-12,17,19,21H,8,13-14H2,1H3. The quantitative estimate of drug-likeness (QED) is 0.870. The van der Waals surface area contributed by atoms with Gasteiger partial charge in [-0.25, -0.2) is 0 Å². The average Bonchev–Trinajstić information content (AvgIpc) is 3.05. The maximum Gasteiger partial charge on any atom is 0.201 e. The maximum absolute atomic E-state index is 11.7. The Morgan fingerprint density at radius 2 is 1.52 bits per heavy atom. The average molecular weight is 279 g/mol. The zero-order chi connectivity index (χ0) is 14.7. The molecule has 1 atom stereocenters. The Morgan fingerprint density at radius 3 is 2.00 bits per heavy atom. The second kappa shape index (κ2) is 6.04. The number of benzene rings is 2. The highest BCUT2D eigenvalue weighted by Gasteiger charge is 2.44. The summed E-state index contributed by atoms with van der Waals surface area (Å²) in [5, 5.41) is 11.7. The molecule has 21 heavy (non-hydrogen) atoms. The highest BCUT2D eigenvalue weighted by atomic mass is 16.3. The molecule has 3 heteroatoms. The predicted molar refractivity (Wildman–Crippen MR) is 88.6 cm³/mol. The Morgan fingerprint density at radius 1 is 1.00 bits per heavy atom. The lowest BCUT2D eigenvalue weighted by molar-refractivity contribution is 0.0200. The predicted octanol–water partition coefficient (Wildman–Crippen LogP) is 2.79. The molecule has 0 aliphatic carbocycles.